The third-order valence-electron chi connectivity index (χ3n) is 5.60. The normalized spacial score (nSPS) is 14.7. The molecule has 0 unspecified atom stereocenters. The monoisotopic (exact) mass is 405 g/mol. The molecule has 5 rings (SSSR count). The minimum atomic E-state index is -0.454. The van der Waals surface area contributed by atoms with Gasteiger partial charge in [-0.05, 0) is 55.3 Å². The van der Waals surface area contributed by atoms with Gasteiger partial charge in [-0.1, -0.05) is 36.6 Å². The molecule has 1 aliphatic rings. The fraction of sp³-hybridized carbons (Fsp3) is 0.217. The molecule has 1 aliphatic carbocycles. The van der Waals surface area contributed by atoms with Crippen molar-refractivity contribution in [2.24, 2.45) is 5.73 Å². The van der Waals surface area contributed by atoms with Crippen molar-refractivity contribution in [3.63, 3.8) is 0 Å². The lowest BCUT2D eigenvalue weighted by atomic mass is 10.1. The molecule has 4 aromatic rings. The average molecular weight is 406 g/mol. The minimum absolute atomic E-state index is 0.370. The average Bonchev–Trinajstić information content (AvgIpc) is 3.45. The van der Waals surface area contributed by atoms with E-state index in [2.05, 4.69) is 4.57 Å². The molecule has 29 heavy (non-hydrogen) atoms. The highest BCUT2D eigenvalue weighted by atomic mass is 35.5. The van der Waals surface area contributed by atoms with Crippen molar-refractivity contribution in [3.05, 3.63) is 65.2 Å². The van der Waals surface area contributed by atoms with Crippen molar-refractivity contribution in [1.29, 1.82) is 0 Å². The Hall–Kier alpha value is -3.05. The zero-order valence-corrected chi connectivity index (χ0v) is 16.5. The van der Waals surface area contributed by atoms with Gasteiger partial charge in [-0.25, -0.2) is 4.98 Å². The molecule has 0 spiro atoms. The maximum absolute atomic E-state index is 11.6. The second-order valence-electron chi connectivity index (χ2n) is 7.49. The van der Waals surface area contributed by atoms with Crippen LogP contribution in [0.4, 0.5) is 0 Å². The number of nitrogens with zero attached hydrogens (tertiary/aromatic N) is 2. The number of primary amides is 1. The summed E-state index contributed by atoms with van der Waals surface area (Å²) in [5, 5.41) is 0.664. The molecule has 0 aliphatic heterocycles. The maximum atomic E-state index is 11.6. The molecule has 5 nitrogen and oxygen atoms in total. The summed E-state index contributed by atoms with van der Waals surface area (Å²) in [6.45, 7) is 0. The van der Waals surface area contributed by atoms with Crippen LogP contribution in [0.1, 0.15) is 42.1 Å². The van der Waals surface area contributed by atoms with E-state index in [0.717, 1.165) is 41.0 Å². The van der Waals surface area contributed by atoms with E-state index in [1.807, 2.05) is 42.5 Å². The van der Waals surface area contributed by atoms with Crippen LogP contribution < -0.4 is 5.73 Å². The van der Waals surface area contributed by atoms with Gasteiger partial charge in [0.15, 0.2) is 11.6 Å². The predicted molar refractivity (Wildman–Crippen MR) is 114 cm³/mol. The Morgan fingerprint density at radius 1 is 1.07 bits per heavy atom. The Kier molecular flexibility index (Phi) is 4.40. The van der Waals surface area contributed by atoms with E-state index in [-0.39, 0.29) is 0 Å². The minimum Gasteiger partial charge on any atom is -0.453 e. The van der Waals surface area contributed by atoms with Crippen molar-refractivity contribution < 1.29 is 9.21 Å². The van der Waals surface area contributed by atoms with Gasteiger partial charge in [-0.3, -0.25) is 4.79 Å². The van der Waals surface area contributed by atoms with Crippen molar-refractivity contribution in [1.82, 2.24) is 9.55 Å². The number of hydrogen-bond donors (Lipinski definition) is 1. The van der Waals surface area contributed by atoms with Crippen LogP contribution in [0.5, 0.6) is 0 Å². The number of halogens is 1. The fourth-order valence-corrected chi connectivity index (χ4v) is 4.40. The lowest BCUT2D eigenvalue weighted by Crippen LogP contribution is -2.10. The summed E-state index contributed by atoms with van der Waals surface area (Å²) in [4.78, 5) is 16.4. The number of furan rings is 1. The molecule has 2 N–H and O–H groups in total. The topological polar surface area (TPSA) is 74.1 Å². The van der Waals surface area contributed by atoms with E-state index in [1.165, 1.54) is 12.8 Å². The molecule has 0 atom stereocenters. The van der Waals surface area contributed by atoms with Gasteiger partial charge in [0.1, 0.15) is 5.76 Å². The van der Waals surface area contributed by atoms with Gasteiger partial charge in [0.25, 0.3) is 0 Å². The van der Waals surface area contributed by atoms with Gasteiger partial charge in [0, 0.05) is 22.2 Å². The van der Waals surface area contributed by atoms with Crippen LogP contribution in [0.15, 0.2) is 59.0 Å². The molecule has 1 amide bonds. The van der Waals surface area contributed by atoms with Gasteiger partial charge in [-0.15, -0.1) is 0 Å². The zero-order chi connectivity index (χ0) is 20.0. The van der Waals surface area contributed by atoms with Gasteiger partial charge in [-0.2, -0.15) is 0 Å². The summed E-state index contributed by atoms with van der Waals surface area (Å²) in [6, 6.07) is 17.3. The molecule has 0 radical (unpaired) electrons. The number of benzene rings is 2. The number of imidazole rings is 1. The zero-order valence-electron chi connectivity index (χ0n) is 15.8. The first-order valence-corrected chi connectivity index (χ1v) is 10.2. The highest BCUT2D eigenvalue weighted by molar-refractivity contribution is 6.30. The summed E-state index contributed by atoms with van der Waals surface area (Å²) in [5.41, 5.74) is 8.59. The van der Waals surface area contributed by atoms with Crippen LogP contribution >= 0.6 is 11.6 Å². The molecule has 2 aromatic heterocycles. The predicted octanol–water partition coefficient (Wildman–Crippen LogP) is 5.83. The summed E-state index contributed by atoms with van der Waals surface area (Å²) in [6.07, 6.45) is 4.62. The highest BCUT2D eigenvalue weighted by Gasteiger charge is 2.25. The van der Waals surface area contributed by atoms with E-state index in [0.29, 0.717) is 22.4 Å². The number of nitrogens with two attached hydrogens (primary N) is 1. The second kappa shape index (κ2) is 7.08. The maximum Gasteiger partial charge on any atom is 0.248 e. The smallest absolute Gasteiger partial charge is 0.248 e. The molecule has 0 bridgehead atoms. The lowest BCUT2D eigenvalue weighted by Gasteiger charge is -2.15. The number of rotatable bonds is 4. The van der Waals surface area contributed by atoms with Crippen LogP contribution in [0.3, 0.4) is 0 Å². The molecule has 146 valence electrons. The Morgan fingerprint density at radius 3 is 2.62 bits per heavy atom. The van der Waals surface area contributed by atoms with E-state index in [9.17, 15) is 4.79 Å². The van der Waals surface area contributed by atoms with Crippen molar-refractivity contribution in [2.75, 3.05) is 0 Å². The number of aromatic nitrogens is 2. The van der Waals surface area contributed by atoms with Crippen LogP contribution in [0.2, 0.25) is 5.02 Å². The number of hydrogen-bond acceptors (Lipinski definition) is 3. The number of amides is 1. The Morgan fingerprint density at radius 2 is 1.86 bits per heavy atom. The molecule has 1 fully saturated rings. The van der Waals surface area contributed by atoms with Crippen LogP contribution in [0.25, 0.3) is 33.9 Å². The molecule has 2 aromatic carbocycles. The van der Waals surface area contributed by atoms with E-state index < -0.39 is 5.91 Å². The molecule has 0 saturated heterocycles. The Balaban J connectivity index is 1.65. The van der Waals surface area contributed by atoms with Crippen molar-refractivity contribution in [2.45, 2.75) is 31.7 Å². The van der Waals surface area contributed by atoms with Crippen LogP contribution in [0, 0.1) is 0 Å². The van der Waals surface area contributed by atoms with E-state index >= 15 is 0 Å². The first kappa shape index (κ1) is 18.0. The highest BCUT2D eigenvalue weighted by Crippen LogP contribution is 2.38. The third kappa shape index (κ3) is 3.21. The molecule has 1 saturated carbocycles. The molecular weight excluding hydrogens is 386 g/mol. The summed E-state index contributed by atoms with van der Waals surface area (Å²) in [7, 11) is 0. The largest absolute Gasteiger partial charge is 0.453 e. The fourth-order valence-electron chi connectivity index (χ4n) is 4.21. The van der Waals surface area contributed by atoms with Crippen molar-refractivity contribution in [3.8, 4) is 22.9 Å². The molecule has 6 heteroatoms. The standard InChI is InChI=1S/C23H20ClN3O2/c24-16-5-3-4-14(12-16)20-10-11-21(29-20)23-26-18-13-15(22(25)28)8-9-19(18)27(23)17-6-1-2-7-17/h3-5,8-13,17H,1-2,6-7H2,(H2,25,28). The quantitative estimate of drug-likeness (QED) is 0.464. The van der Waals surface area contributed by atoms with Crippen molar-refractivity contribution >= 4 is 28.5 Å². The Bertz CT molecular complexity index is 1220. The SMILES string of the molecule is NC(=O)c1ccc2c(c1)nc(-c1ccc(-c3cccc(Cl)c3)o1)n2C1CCCC1. The molecule has 2 heterocycles. The van der Waals surface area contributed by atoms with Gasteiger partial charge in [0.2, 0.25) is 5.91 Å². The molecular formula is C23H20ClN3O2. The second-order valence-corrected chi connectivity index (χ2v) is 7.92. The van der Waals surface area contributed by atoms with Gasteiger partial charge < -0.3 is 14.7 Å². The first-order valence-electron chi connectivity index (χ1n) is 9.78. The number of fused-ring (bicyclic) bond motifs is 1. The number of carbonyl (C=O) groups excluding carboxylic acids is 1. The van der Waals surface area contributed by atoms with Crippen LogP contribution in [-0.4, -0.2) is 15.5 Å². The number of carbonyl (C=O) groups is 1. The summed E-state index contributed by atoms with van der Waals surface area (Å²) < 4.78 is 8.44. The van der Waals surface area contributed by atoms with Gasteiger partial charge >= 0.3 is 0 Å². The lowest BCUT2D eigenvalue weighted by molar-refractivity contribution is 0.100. The van der Waals surface area contributed by atoms with E-state index in [4.69, 9.17) is 26.7 Å². The summed E-state index contributed by atoms with van der Waals surface area (Å²) in [5.74, 6) is 1.76. The Labute approximate surface area is 173 Å². The third-order valence-corrected chi connectivity index (χ3v) is 5.83. The first-order chi connectivity index (χ1) is 14.1. The summed E-state index contributed by atoms with van der Waals surface area (Å²) >= 11 is 6.13. The van der Waals surface area contributed by atoms with E-state index in [1.54, 1.807) is 12.1 Å². The van der Waals surface area contributed by atoms with Gasteiger partial charge in [0.05, 0.1) is 11.0 Å². The van der Waals surface area contributed by atoms with Crippen LogP contribution in [-0.2, 0) is 0 Å².